The van der Waals surface area contributed by atoms with E-state index < -0.39 is 0 Å². The summed E-state index contributed by atoms with van der Waals surface area (Å²) in [5.41, 5.74) is 7.88. The van der Waals surface area contributed by atoms with Gasteiger partial charge in [0.2, 0.25) is 0 Å². The molecule has 1 amide bonds. The third-order valence-corrected chi connectivity index (χ3v) is 3.70. The molecule has 0 spiro atoms. The topological polar surface area (TPSA) is 46.3 Å². The second-order valence-electron chi connectivity index (χ2n) is 4.69. The molecule has 0 saturated carbocycles. The molecule has 0 heterocycles. The van der Waals surface area contributed by atoms with Crippen molar-refractivity contribution in [2.24, 2.45) is 0 Å². The molecule has 0 atom stereocenters. The van der Waals surface area contributed by atoms with Crippen molar-refractivity contribution in [3.8, 4) is 0 Å². The van der Waals surface area contributed by atoms with Gasteiger partial charge in [-0.15, -0.1) is 0 Å². The lowest BCUT2D eigenvalue weighted by molar-refractivity contribution is 0.0753. The van der Waals surface area contributed by atoms with E-state index in [1.165, 1.54) is 0 Å². The minimum absolute atomic E-state index is 0.124. The van der Waals surface area contributed by atoms with Crippen LogP contribution in [0, 0.1) is 0 Å². The molecule has 2 aromatic rings. The number of rotatable bonds is 4. The van der Waals surface area contributed by atoms with Crippen LogP contribution in [0.5, 0.6) is 0 Å². The predicted octanol–water partition coefficient (Wildman–Crippen LogP) is 4.24. The van der Waals surface area contributed by atoms with Gasteiger partial charge in [0, 0.05) is 23.8 Å². The van der Waals surface area contributed by atoms with Crippen LogP contribution in [0.3, 0.4) is 0 Å². The number of carbonyl (C=O) groups is 1. The zero-order valence-corrected chi connectivity index (χ0v) is 13.2. The van der Waals surface area contributed by atoms with Crippen LogP contribution in [-0.4, -0.2) is 17.4 Å². The highest BCUT2D eigenvalue weighted by Crippen LogP contribution is 2.23. The van der Waals surface area contributed by atoms with E-state index >= 15 is 0 Å². The van der Waals surface area contributed by atoms with Gasteiger partial charge in [-0.25, -0.2) is 0 Å². The van der Waals surface area contributed by atoms with Gasteiger partial charge in [-0.05, 0) is 42.8 Å². The fourth-order valence-corrected chi connectivity index (χ4v) is 2.56. The maximum atomic E-state index is 12.6. The summed E-state index contributed by atoms with van der Waals surface area (Å²) in [5.74, 6) is -0.124. The number of nitrogen functional groups attached to an aromatic ring is 1. The van der Waals surface area contributed by atoms with Crippen LogP contribution in [0.1, 0.15) is 22.8 Å². The number of halogens is 2. The van der Waals surface area contributed by atoms with Crippen LogP contribution >= 0.6 is 23.2 Å². The summed E-state index contributed by atoms with van der Waals surface area (Å²) in [4.78, 5) is 14.3. The van der Waals surface area contributed by atoms with E-state index in [9.17, 15) is 4.79 Å². The van der Waals surface area contributed by atoms with Crippen LogP contribution in [0.25, 0.3) is 0 Å². The molecule has 0 aliphatic carbocycles. The first-order valence-electron chi connectivity index (χ1n) is 6.60. The molecule has 110 valence electrons. The van der Waals surface area contributed by atoms with Crippen molar-refractivity contribution in [3.05, 3.63) is 63.6 Å². The van der Waals surface area contributed by atoms with Crippen molar-refractivity contribution >= 4 is 34.8 Å². The Morgan fingerprint density at radius 1 is 1.19 bits per heavy atom. The molecule has 0 fully saturated rings. The highest BCUT2D eigenvalue weighted by Gasteiger charge is 2.17. The molecule has 0 aliphatic rings. The Morgan fingerprint density at radius 3 is 2.57 bits per heavy atom. The standard InChI is InChI=1S/C16H16Cl2N2O/c1-2-20(10-11-4-3-5-13(19)8-11)16(21)14-7-6-12(17)9-15(14)18/h3-9H,2,10,19H2,1H3. The molecule has 21 heavy (non-hydrogen) atoms. The summed E-state index contributed by atoms with van der Waals surface area (Å²) < 4.78 is 0. The summed E-state index contributed by atoms with van der Waals surface area (Å²) in [6.07, 6.45) is 0. The average molecular weight is 323 g/mol. The van der Waals surface area contributed by atoms with Crippen molar-refractivity contribution in [1.82, 2.24) is 4.90 Å². The fourth-order valence-electron chi connectivity index (χ4n) is 2.07. The Bertz CT molecular complexity index is 658. The number of hydrogen-bond acceptors (Lipinski definition) is 2. The van der Waals surface area contributed by atoms with Gasteiger partial charge in [-0.1, -0.05) is 35.3 Å². The van der Waals surface area contributed by atoms with Crippen LogP contribution < -0.4 is 5.73 Å². The first-order chi connectivity index (χ1) is 10.0. The van der Waals surface area contributed by atoms with Gasteiger partial charge in [0.15, 0.2) is 0 Å². The SMILES string of the molecule is CCN(Cc1cccc(N)c1)C(=O)c1ccc(Cl)cc1Cl. The van der Waals surface area contributed by atoms with Crippen LogP contribution in [0.2, 0.25) is 10.0 Å². The summed E-state index contributed by atoms with van der Waals surface area (Å²) in [6.45, 7) is 2.99. The van der Waals surface area contributed by atoms with Gasteiger partial charge in [-0.3, -0.25) is 4.79 Å². The third kappa shape index (κ3) is 3.90. The maximum Gasteiger partial charge on any atom is 0.255 e. The number of hydrogen-bond donors (Lipinski definition) is 1. The molecular weight excluding hydrogens is 307 g/mol. The molecule has 5 heteroatoms. The summed E-state index contributed by atoms with van der Waals surface area (Å²) in [7, 11) is 0. The number of nitrogens with zero attached hydrogens (tertiary/aromatic N) is 1. The Kier molecular flexibility index (Phi) is 5.10. The number of carbonyl (C=O) groups excluding carboxylic acids is 1. The van der Waals surface area contributed by atoms with E-state index in [1.807, 2.05) is 31.2 Å². The second-order valence-corrected chi connectivity index (χ2v) is 5.53. The minimum atomic E-state index is -0.124. The highest BCUT2D eigenvalue weighted by atomic mass is 35.5. The lowest BCUT2D eigenvalue weighted by atomic mass is 10.1. The maximum absolute atomic E-state index is 12.6. The number of benzene rings is 2. The van der Waals surface area contributed by atoms with Gasteiger partial charge < -0.3 is 10.6 Å². The zero-order valence-electron chi connectivity index (χ0n) is 11.6. The molecule has 3 nitrogen and oxygen atoms in total. The summed E-state index contributed by atoms with van der Waals surface area (Å²) in [6, 6.07) is 12.4. The van der Waals surface area contributed by atoms with Crippen molar-refractivity contribution < 1.29 is 4.79 Å². The Balaban J connectivity index is 2.22. The van der Waals surface area contributed by atoms with Crippen molar-refractivity contribution in [1.29, 1.82) is 0 Å². The van der Waals surface area contributed by atoms with Crippen molar-refractivity contribution in [2.45, 2.75) is 13.5 Å². The largest absolute Gasteiger partial charge is 0.399 e. The number of nitrogens with two attached hydrogens (primary N) is 1. The van der Waals surface area contributed by atoms with Crippen molar-refractivity contribution in [2.75, 3.05) is 12.3 Å². The monoisotopic (exact) mass is 322 g/mol. The van der Waals surface area contributed by atoms with E-state index in [-0.39, 0.29) is 5.91 Å². The van der Waals surface area contributed by atoms with E-state index in [0.29, 0.717) is 34.4 Å². The highest BCUT2D eigenvalue weighted by molar-refractivity contribution is 6.36. The predicted molar refractivity (Wildman–Crippen MR) is 87.7 cm³/mol. The minimum Gasteiger partial charge on any atom is -0.399 e. The van der Waals surface area contributed by atoms with E-state index in [1.54, 1.807) is 23.1 Å². The summed E-state index contributed by atoms with van der Waals surface area (Å²) >= 11 is 12.0. The zero-order chi connectivity index (χ0) is 15.4. The quantitative estimate of drug-likeness (QED) is 0.856. The van der Waals surface area contributed by atoms with E-state index in [4.69, 9.17) is 28.9 Å². The average Bonchev–Trinajstić information content (AvgIpc) is 2.44. The smallest absolute Gasteiger partial charge is 0.255 e. The molecule has 0 unspecified atom stereocenters. The van der Waals surface area contributed by atoms with E-state index in [0.717, 1.165) is 5.56 Å². The molecule has 0 bridgehead atoms. The summed E-state index contributed by atoms with van der Waals surface area (Å²) in [5, 5.41) is 0.869. The third-order valence-electron chi connectivity index (χ3n) is 3.15. The first kappa shape index (κ1) is 15.7. The molecule has 0 aromatic heterocycles. The lowest BCUT2D eigenvalue weighted by Crippen LogP contribution is -2.30. The van der Waals surface area contributed by atoms with Gasteiger partial charge in [0.1, 0.15) is 0 Å². The van der Waals surface area contributed by atoms with Gasteiger partial charge >= 0.3 is 0 Å². The van der Waals surface area contributed by atoms with Gasteiger partial charge in [-0.2, -0.15) is 0 Å². The molecule has 0 aliphatic heterocycles. The molecule has 2 N–H and O–H groups in total. The number of anilines is 1. The Morgan fingerprint density at radius 2 is 1.95 bits per heavy atom. The lowest BCUT2D eigenvalue weighted by Gasteiger charge is -2.22. The molecule has 2 aromatic carbocycles. The fraction of sp³-hybridized carbons (Fsp3) is 0.188. The molecule has 0 radical (unpaired) electrons. The van der Waals surface area contributed by atoms with Crippen molar-refractivity contribution in [3.63, 3.8) is 0 Å². The molecule has 2 rings (SSSR count). The van der Waals surface area contributed by atoms with E-state index in [2.05, 4.69) is 0 Å². The van der Waals surface area contributed by atoms with Crippen LogP contribution in [-0.2, 0) is 6.54 Å². The normalized spacial score (nSPS) is 10.4. The van der Waals surface area contributed by atoms with Crippen LogP contribution in [0.15, 0.2) is 42.5 Å². The Labute approximate surface area is 134 Å². The van der Waals surface area contributed by atoms with Gasteiger partial charge in [0.05, 0.1) is 10.6 Å². The molecular formula is C16H16Cl2N2O. The second kappa shape index (κ2) is 6.83. The molecule has 0 saturated heterocycles. The first-order valence-corrected chi connectivity index (χ1v) is 7.35. The Hall–Kier alpha value is -1.71. The number of amides is 1. The van der Waals surface area contributed by atoms with Gasteiger partial charge in [0.25, 0.3) is 5.91 Å². The van der Waals surface area contributed by atoms with Crippen LogP contribution in [0.4, 0.5) is 5.69 Å².